The van der Waals surface area contributed by atoms with Gasteiger partial charge >= 0.3 is 0 Å². The van der Waals surface area contributed by atoms with Gasteiger partial charge in [0, 0.05) is 5.92 Å². The molecule has 2 nitrogen and oxygen atoms in total. The largest absolute Gasteiger partial charge is 0.373 e. The molecule has 92 valence electrons. The summed E-state index contributed by atoms with van der Waals surface area (Å²) in [6.07, 6.45) is 7.51. The Hall–Kier alpha value is -1.67. The van der Waals surface area contributed by atoms with Crippen LogP contribution in [0.5, 0.6) is 0 Å². The average molecular weight is 240 g/mol. The second-order valence-electron chi connectivity index (χ2n) is 4.72. The van der Waals surface area contributed by atoms with E-state index in [1.807, 2.05) is 0 Å². The van der Waals surface area contributed by atoms with Crippen LogP contribution in [0.25, 0.3) is 5.57 Å². The van der Waals surface area contributed by atoms with E-state index < -0.39 is 0 Å². The molecule has 0 saturated carbocycles. The summed E-state index contributed by atoms with van der Waals surface area (Å²) in [5.74, 6) is 0.299. The van der Waals surface area contributed by atoms with Crippen molar-refractivity contribution >= 4 is 11.9 Å². The summed E-state index contributed by atoms with van der Waals surface area (Å²) in [5.41, 5.74) is 5.57. The molecule has 1 aromatic rings. The van der Waals surface area contributed by atoms with Crippen LogP contribution in [0, 0.1) is 0 Å². The lowest BCUT2D eigenvalue weighted by Crippen LogP contribution is -2.09. The summed E-state index contributed by atoms with van der Waals surface area (Å²) < 4.78 is 5.44. The maximum Gasteiger partial charge on any atom is 0.145 e. The van der Waals surface area contributed by atoms with E-state index in [2.05, 4.69) is 36.4 Å². The van der Waals surface area contributed by atoms with Crippen LogP contribution in [0.3, 0.4) is 0 Å². The second-order valence-corrected chi connectivity index (χ2v) is 4.72. The second kappa shape index (κ2) is 4.91. The quantitative estimate of drug-likeness (QED) is 0.597. The molecule has 0 N–H and O–H groups in total. The third kappa shape index (κ3) is 1.83. The number of hydrogen-bond acceptors (Lipinski definition) is 2. The molecule has 0 heterocycles. The summed E-state index contributed by atoms with van der Waals surface area (Å²) in [4.78, 5) is 10.4. The number of ether oxygens (including phenoxy) is 1. The molecule has 0 bridgehead atoms. The van der Waals surface area contributed by atoms with E-state index in [0.29, 0.717) is 12.5 Å². The first kappa shape index (κ1) is 11.4. The number of hydrogen-bond donors (Lipinski definition) is 0. The van der Waals surface area contributed by atoms with Crippen LogP contribution in [-0.4, -0.2) is 19.5 Å². The summed E-state index contributed by atoms with van der Waals surface area (Å²) >= 11 is 0. The lowest BCUT2D eigenvalue weighted by molar-refractivity contribution is -0.111. The Morgan fingerprint density at radius 1 is 1.33 bits per heavy atom. The fourth-order valence-corrected chi connectivity index (χ4v) is 2.96. The molecule has 2 heteroatoms. The van der Waals surface area contributed by atoms with Crippen molar-refractivity contribution in [1.82, 2.24) is 0 Å². The summed E-state index contributed by atoms with van der Waals surface area (Å²) in [6, 6.07) is 8.55. The Kier molecular flexibility index (Phi) is 3.11. The zero-order valence-electron chi connectivity index (χ0n) is 10.3. The Morgan fingerprint density at radius 3 is 3.11 bits per heavy atom. The van der Waals surface area contributed by atoms with Gasteiger partial charge in [0.1, 0.15) is 12.9 Å². The fourth-order valence-electron chi connectivity index (χ4n) is 2.96. The number of fused-ring (bicyclic) bond motifs is 2. The molecule has 0 fully saturated rings. The lowest BCUT2D eigenvalue weighted by Gasteiger charge is -2.15. The molecule has 0 radical (unpaired) electrons. The van der Waals surface area contributed by atoms with Gasteiger partial charge in [-0.1, -0.05) is 36.4 Å². The van der Waals surface area contributed by atoms with Crippen molar-refractivity contribution in [1.29, 1.82) is 0 Å². The molecule has 0 amide bonds. The van der Waals surface area contributed by atoms with Crippen LogP contribution in [0.2, 0.25) is 0 Å². The molecule has 2 aliphatic rings. The molecule has 1 unspecified atom stereocenters. The van der Waals surface area contributed by atoms with Crippen molar-refractivity contribution in [3.63, 3.8) is 0 Å². The van der Waals surface area contributed by atoms with E-state index in [0.717, 1.165) is 19.1 Å². The molecule has 3 rings (SSSR count). The highest BCUT2D eigenvalue weighted by atomic mass is 16.5. The van der Waals surface area contributed by atoms with Crippen molar-refractivity contribution in [2.24, 2.45) is 0 Å². The number of allylic oxidation sites excluding steroid dienone is 3. The third-order valence-corrected chi connectivity index (χ3v) is 3.71. The highest BCUT2D eigenvalue weighted by Gasteiger charge is 2.30. The van der Waals surface area contributed by atoms with E-state index in [9.17, 15) is 4.79 Å². The van der Waals surface area contributed by atoms with Gasteiger partial charge in [0.2, 0.25) is 0 Å². The maximum absolute atomic E-state index is 10.4. The number of rotatable bonds is 4. The first-order valence-corrected chi connectivity index (χ1v) is 6.42. The average Bonchev–Trinajstić information content (AvgIpc) is 2.74. The van der Waals surface area contributed by atoms with Gasteiger partial charge in [-0.15, -0.1) is 0 Å². The van der Waals surface area contributed by atoms with Crippen molar-refractivity contribution < 1.29 is 9.53 Å². The summed E-state index contributed by atoms with van der Waals surface area (Å²) in [6.45, 7) is 0.782. The van der Waals surface area contributed by atoms with Crippen LogP contribution < -0.4 is 0 Å². The van der Waals surface area contributed by atoms with Gasteiger partial charge in [-0.2, -0.15) is 0 Å². The summed E-state index contributed by atoms with van der Waals surface area (Å²) in [7, 11) is 0. The van der Waals surface area contributed by atoms with E-state index in [4.69, 9.17) is 4.74 Å². The standard InChI is InChI=1S/C16H16O2/c17-9-10-18-11-16-14-7-3-1-5-12(14)13-6-2-4-8-15(13)16/h1,3-5,7-9,16H,2,6,10-11H2. The number of aldehydes is 1. The predicted molar refractivity (Wildman–Crippen MR) is 71.4 cm³/mol. The Balaban J connectivity index is 1.94. The van der Waals surface area contributed by atoms with E-state index in [1.165, 1.54) is 22.3 Å². The van der Waals surface area contributed by atoms with Crippen LogP contribution in [0.15, 0.2) is 42.0 Å². The van der Waals surface area contributed by atoms with Crippen molar-refractivity contribution in [3.8, 4) is 0 Å². The van der Waals surface area contributed by atoms with Gasteiger partial charge in [-0.05, 0) is 35.1 Å². The van der Waals surface area contributed by atoms with Crippen LogP contribution >= 0.6 is 0 Å². The van der Waals surface area contributed by atoms with Crippen LogP contribution in [-0.2, 0) is 9.53 Å². The minimum Gasteiger partial charge on any atom is -0.373 e. The topological polar surface area (TPSA) is 26.3 Å². The first-order valence-electron chi connectivity index (χ1n) is 6.42. The molecule has 18 heavy (non-hydrogen) atoms. The minimum atomic E-state index is 0.186. The van der Waals surface area contributed by atoms with Gasteiger partial charge < -0.3 is 9.53 Å². The fraction of sp³-hybridized carbons (Fsp3) is 0.312. The number of carbonyl (C=O) groups is 1. The van der Waals surface area contributed by atoms with Gasteiger partial charge in [0.05, 0.1) is 6.61 Å². The molecule has 2 aliphatic carbocycles. The molecule has 0 aliphatic heterocycles. The Labute approximate surface area is 107 Å². The molecule has 0 aromatic heterocycles. The monoisotopic (exact) mass is 240 g/mol. The molecule has 1 aromatic carbocycles. The van der Waals surface area contributed by atoms with Gasteiger partial charge in [-0.25, -0.2) is 0 Å². The van der Waals surface area contributed by atoms with Gasteiger partial charge in [0.15, 0.2) is 0 Å². The number of carbonyl (C=O) groups excluding carboxylic acids is 1. The third-order valence-electron chi connectivity index (χ3n) is 3.71. The highest BCUT2D eigenvalue weighted by molar-refractivity contribution is 5.81. The Bertz CT molecular complexity index is 526. The normalized spacial score (nSPS) is 20.8. The SMILES string of the molecule is O=CCOCC1C2=C(CCC=C2)c2ccccc21. The number of benzene rings is 1. The Morgan fingerprint density at radius 2 is 2.22 bits per heavy atom. The molecule has 0 saturated heterocycles. The van der Waals surface area contributed by atoms with Crippen molar-refractivity contribution in [2.75, 3.05) is 13.2 Å². The van der Waals surface area contributed by atoms with E-state index in [1.54, 1.807) is 0 Å². The predicted octanol–water partition coefficient (Wildman–Crippen LogP) is 3.10. The molecular formula is C16H16O2. The van der Waals surface area contributed by atoms with E-state index >= 15 is 0 Å². The van der Waals surface area contributed by atoms with Gasteiger partial charge in [-0.3, -0.25) is 0 Å². The maximum atomic E-state index is 10.4. The van der Waals surface area contributed by atoms with E-state index in [-0.39, 0.29) is 6.61 Å². The smallest absolute Gasteiger partial charge is 0.145 e. The summed E-state index contributed by atoms with van der Waals surface area (Å²) in [5, 5.41) is 0. The zero-order chi connectivity index (χ0) is 12.4. The molecular weight excluding hydrogens is 224 g/mol. The van der Waals surface area contributed by atoms with Gasteiger partial charge in [0.25, 0.3) is 0 Å². The van der Waals surface area contributed by atoms with Crippen LogP contribution in [0.1, 0.15) is 29.9 Å². The highest BCUT2D eigenvalue weighted by Crippen LogP contribution is 2.46. The first-order chi connectivity index (χ1) is 8.92. The van der Waals surface area contributed by atoms with Crippen molar-refractivity contribution in [2.45, 2.75) is 18.8 Å². The lowest BCUT2D eigenvalue weighted by atomic mass is 9.93. The minimum absolute atomic E-state index is 0.186. The van der Waals surface area contributed by atoms with Crippen molar-refractivity contribution in [3.05, 3.63) is 53.1 Å². The molecule has 1 atom stereocenters. The zero-order valence-corrected chi connectivity index (χ0v) is 10.3. The van der Waals surface area contributed by atoms with Crippen LogP contribution in [0.4, 0.5) is 0 Å². The molecule has 0 spiro atoms.